The average molecular weight is 492 g/mol. The Balaban J connectivity index is 1.29. The molecule has 1 aliphatic heterocycles. The molecule has 0 aromatic heterocycles. The van der Waals surface area contributed by atoms with Gasteiger partial charge >= 0.3 is 0 Å². The molecular weight excluding hydrogens is 464 g/mol. The molecule has 0 unspecified atom stereocenters. The van der Waals surface area contributed by atoms with Crippen molar-refractivity contribution in [2.24, 2.45) is 0 Å². The summed E-state index contributed by atoms with van der Waals surface area (Å²) in [5, 5.41) is 0. The predicted molar refractivity (Wildman–Crippen MR) is 121 cm³/mol. The van der Waals surface area contributed by atoms with Crippen LogP contribution in [-0.2, 0) is 26.2 Å². The number of carbonyl (C=O) groups excluding carboxylic acids is 2. The highest BCUT2D eigenvalue weighted by atomic mass is 32.2. The predicted octanol–water partition coefficient (Wildman–Crippen LogP) is 2.77. The second kappa shape index (κ2) is 10.2. The summed E-state index contributed by atoms with van der Waals surface area (Å²) in [6.07, 6.45) is 1.63. The van der Waals surface area contributed by atoms with E-state index in [9.17, 15) is 26.8 Å². The first-order valence-corrected chi connectivity index (χ1v) is 12.8. The molecule has 1 saturated carbocycles. The molecule has 1 saturated heterocycles. The highest BCUT2D eigenvalue weighted by molar-refractivity contribution is 7.89. The Morgan fingerprint density at radius 2 is 1.62 bits per heavy atom. The summed E-state index contributed by atoms with van der Waals surface area (Å²) in [7, 11) is -3.61. The van der Waals surface area contributed by atoms with Gasteiger partial charge in [-0.05, 0) is 31.0 Å². The zero-order valence-corrected chi connectivity index (χ0v) is 19.5. The Kier molecular flexibility index (Phi) is 7.27. The molecule has 2 aliphatic rings. The molecule has 2 aromatic carbocycles. The van der Waals surface area contributed by atoms with Crippen molar-refractivity contribution in [1.29, 1.82) is 0 Å². The zero-order chi connectivity index (χ0) is 24.3. The van der Waals surface area contributed by atoms with Crippen LogP contribution >= 0.6 is 0 Å². The highest BCUT2D eigenvalue weighted by Crippen LogP contribution is 2.30. The van der Waals surface area contributed by atoms with Crippen molar-refractivity contribution in [3.63, 3.8) is 0 Å². The SMILES string of the molecule is O=C(CCC(=O)N(Cc1ccc(F)cc1F)C1CC1)N1CCN(S(=O)(=O)c2ccccc2)CC1. The minimum Gasteiger partial charge on any atom is -0.340 e. The maximum Gasteiger partial charge on any atom is 0.243 e. The van der Waals surface area contributed by atoms with Crippen LogP contribution in [0.5, 0.6) is 0 Å². The van der Waals surface area contributed by atoms with Crippen LogP contribution in [0.25, 0.3) is 0 Å². The van der Waals surface area contributed by atoms with Crippen molar-refractivity contribution in [1.82, 2.24) is 14.1 Å². The molecule has 2 amide bonds. The molecule has 1 heterocycles. The molecule has 0 atom stereocenters. The number of nitrogens with zero attached hydrogens (tertiary/aromatic N) is 3. The summed E-state index contributed by atoms with van der Waals surface area (Å²) in [4.78, 5) is 28.8. The summed E-state index contributed by atoms with van der Waals surface area (Å²) in [5.74, 6) is -1.83. The van der Waals surface area contributed by atoms with Crippen LogP contribution in [0.4, 0.5) is 8.78 Å². The topological polar surface area (TPSA) is 78.0 Å². The van der Waals surface area contributed by atoms with E-state index in [2.05, 4.69) is 0 Å². The standard InChI is InChI=1S/C24H27F2N3O4S/c25-19-7-6-18(22(26)16-19)17-29(20-8-9-20)24(31)11-10-23(30)27-12-14-28(15-13-27)34(32,33)21-4-2-1-3-5-21/h1-7,16,20H,8-15,17H2. The number of rotatable bonds is 8. The Bertz CT molecular complexity index is 1150. The van der Waals surface area contributed by atoms with Crippen molar-refractivity contribution in [3.8, 4) is 0 Å². The number of hydrogen-bond donors (Lipinski definition) is 0. The molecule has 2 fully saturated rings. The summed E-state index contributed by atoms with van der Waals surface area (Å²) >= 11 is 0. The molecule has 34 heavy (non-hydrogen) atoms. The molecule has 0 N–H and O–H groups in total. The molecule has 0 spiro atoms. The normalized spacial score (nSPS) is 16.9. The van der Waals surface area contributed by atoms with Crippen molar-refractivity contribution >= 4 is 21.8 Å². The number of hydrogen-bond acceptors (Lipinski definition) is 4. The summed E-state index contributed by atoms with van der Waals surface area (Å²) < 4.78 is 54.1. The van der Waals surface area contributed by atoms with E-state index in [1.807, 2.05) is 0 Å². The van der Waals surface area contributed by atoms with Crippen molar-refractivity contribution in [3.05, 3.63) is 65.7 Å². The summed E-state index contributed by atoms with van der Waals surface area (Å²) in [6, 6.07) is 11.5. The Morgan fingerprint density at radius 1 is 0.941 bits per heavy atom. The highest BCUT2D eigenvalue weighted by Gasteiger charge is 2.34. The van der Waals surface area contributed by atoms with E-state index in [-0.39, 0.29) is 73.9 Å². The van der Waals surface area contributed by atoms with Gasteiger partial charge in [0.15, 0.2) is 0 Å². The van der Waals surface area contributed by atoms with E-state index in [0.717, 1.165) is 25.0 Å². The monoisotopic (exact) mass is 491 g/mol. The van der Waals surface area contributed by atoms with Gasteiger partial charge in [-0.15, -0.1) is 0 Å². The largest absolute Gasteiger partial charge is 0.340 e. The quantitative estimate of drug-likeness (QED) is 0.569. The van der Waals surface area contributed by atoms with Crippen molar-refractivity contribution in [2.75, 3.05) is 26.2 Å². The second-order valence-electron chi connectivity index (χ2n) is 8.59. The van der Waals surface area contributed by atoms with Crippen molar-refractivity contribution in [2.45, 2.75) is 43.2 Å². The van der Waals surface area contributed by atoms with Gasteiger partial charge in [-0.1, -0.05) is 24.3 Å². The molecular formula is C24H27F2N3O4S. The van der Waals surface area contributed by atoms with Crippen LogP contribution in [0.3, 0.4) is 0 Å². The third-order valence-electron chi connectivity index (χ3n) is 6.19. The molecule has 0 radical (unpaired) electrons. The molecule has 182 valence electrons. The molecule has 1 aliphatic carbocycles. The first kappa shape index (κ1) is 24.3. The molecule has 10 heteroatoms. The zero-order valence-electron chi connectivity index (χ0n) is 18.7. The van der Waals surface area contributed by atoms with Gasteiger partial charge in [-0.3, -0.25) is 9.59 Å². The van der Waals surface area contributed by atoms with Crippen LogP contribution < -0.4 is 0 Å². The lowest BCUT2D eigenvalue weighted by Gasteiger charge is -2.34. The maximum atomic E-state index is 14.1. The molecule has 7 nitrogen and oxygen atoms in total. The molecule has 0 bridgehead atoms. The van der Waals surface area contributed by atoms with E-state index in [0.29, 0.717) is 0 Å². The number of carbonyl (C=O) groups is 2. The maximum absolute atomic E-state index is 14.1. The summed E-state index contributed by atoms with van der Waals surface area (Å²) in [5.41, 5.74) is 0.240. The number of piperazine rings is 1. The van der Waals surface area contributed by atoms with Gasteiger partial charge in [0.2, 0.25) is 21.8 Å². The molecule has 2 aromatic rings. The average Bonchev–Trinajstić information content (AvgIpc) is 3.68. The van der Waals surface area contributed by atoms with Gasteiger partial charge in [0.05, 0.1) is 4.90 Å². The fraction of sp³-hybridized carbons (Fsp3) is 0.417. The number of sulfonamides is 1. The number of halogens is 2. The van der Waals surface area contributed by atoms with Crippen LogP contribution in [0.2, 0.25) is 0 Å². The first-order valence-electron chi connectivity index (χ1n) is 11.3. The third-order valence-corrected chi connectivity index (χ3v) is 8.10. The van der Waals surface area contributed by atoms with E-state index in [4.69, 9.17) is 0 Å². The first-order chi connectivity index (χ1) is 16.3. The Hall–Kier alpha value is -2.85. The lowest BCUT2D eigenvalue weighted by Crippen LogP contribution is -2.50. The lowest BCUT2D eigenvalue weighted by atomic mass is 10.1. The molecule has 4 rings (SSSR count). The van der Waals surface area contributed by atoms with Gasteiger partial charge < -0.3 is 9.80 Å². The minimum absolute atomic E-state index is 0.000607. The van der Waals surface area contributed by atoms with Crippen molar-refractivity contribution < 1.29 is 26.8 Å². The van der Waals surface area contributed by atoms with Gasteiger partial charge in [0, 0.05) is 63.2 Å². The van der Waals surface area contributed by atoms with Crippen LogP contribution in [0.15, 0.2) is 53.4 Å². The van der Waals surface area contributed by atoms with E-state index in [1.54, 1.807) is 40.1 Å². The number of amides is 2. The van der Waals surface area contributed by atoms with Gasteiger partial charge in [-0.25, -0.2) is 17.2 Å². The Labute approximate surface area is 198 Å². The lowest BCUT2D eigenvalue weighted by molar-refractivity contribution is -0.138. The van der Waals surface area contributed by atoms with E-state index >= 15 is 0 Å². The van der Waals surface area contributed by atoms with E-state index < -0.39 is 21.7 Å². The fourth-order valence-corrected chi connectivity index (χ4v) is 5.52. The number of benzene rings is 2. The second-order valence-corrected chi connectivity index (χ2v) is 10.5. The Morgan fingerprint density at radius 3 is 2.24 bits per heavy atom. The third kappa shape index (κ3) is 5.61. The van der Waals surface area contributed by atoms with Gasteiger partial charge in [0.25, 0.3) is 0 Å². The van der Waals surface area contributed by atoms with Crippen LogP contribution in [-0.4, -0.2) is 66.6 Å². The van der Waals surface area contributed by atoms with Gasteiger partial charge in [-0.2, -0.15) is 4.31 Å². The minimum atomic E-state index is -3.61. The smallest absolute Gasteiger partial charge is 0.243 e. The van der Waals surface area contributed by atoms with Crippen LogP contribution in [0, 0.1) is 11.6 Å². The fourth-order valence-electron chi connectivity index (χ4n) is 4.08. The van der Waals surface area contributed by atoms with E-state index in [1.165, 1.54) is 10.4 Å². The van der Waals surface area contributed by atoms with Gasteiger partial charge in [0.1, 0.15) is 11.6 Å². The summed E-state index contributed by atoms with van der Waals surface area (Å²) in [6.45, 7) is 0.933. The van der Waals surface area contributed by atoms with Crippen LogP contribution in [0.1, 0.15) is 31.2 Å².